The van der Waals surface area contributed by atoms with Crippen LogP contribution in [0.5, 0.6) is 0 Å². The number of carbonyl (C=O) groups excluding carboxylic acids is 1. The number of fused-ring (bicyclic) bond motifs is 2. The number of H-pyrrole nitrogens is 2. The van der Waals surface area contributed by atoms with Gasteiger partial charge >= 0.3 is 5.69 Å². The molecular formula is C21H24Cl2N10O4. The zero-order valence-corrected chi connectivity index (χ0v) is 21.1. The number of amides is 1. The van der Waals surface area contributed by atoms with E-state index in [1.54, 1.807) is 18.3 Å². The highest BCUT2D eigenvalue weighted by atomic mass is 35.5. The molecule has 37 heavy (non-hydrogen) atoms. The van der Waals surface area contributed by atoms with Crippen LogP contribution < -0.4 is 33.2 Å². The average molecular weight is 551 g/mol. The number of pyridine rings is 1. The number of nitrogens with zero attached hydrogens (tertiary/aromatic N) is 5. The summed E-state index contributed by atoms with van der Waals surface area (Å²) in [6, 6.07) is 2.80. The number of carbonyl (C=O) groups is 1. The van der Waals surface area contributed by atoms with E-state index in [9.17, 15) is 19.2 Å². The molecule has 1 amide bonds. The molecular weight excluding hydrogens is 527 g/mol. The van der Waals surface area contributed by atoms with Gasteiger partial charge in [-0.3, -0.25) is 33.5 Å². The molecule has 0 saturated carbocycles. The predicted molar refractivity (Wildman–Crippen MR) is 140 cm³/mol. The maximum absolute atomic E-state index is 13.2. The third-order valence-corrected chi connectivity index (χ3v) is 5.96. The van der Waals surface area contributed by atoms with Crippen molar-refractivity contribution in [3.63, 3.8) is 0 Å². The number of aromatic nitrogens is 7. The number of hydrogen-bond acceptors (Lipinski definition) is 9. The summed E-state index contributed by atoms with van der Waals surface area (Å²) < 4.78 is 2.91. The van der Waals surface area contributed by atoms with Crippen LogP contribution in [-0.4, -0.2) is 40.0 Å². The normalized spacial score (nSPS) is 13.9. The van der Waals surface area contributed by atoms with Crippen LogP contribution in [0, 0.1) is 6.92 Å². The topological polar surface area (TPSA) is 198 Å². The summed E-state index contributed by atoms with van der Waals surface area (Å²) in [5.41, 5.74) is 6.44. The van der Waals surface area contributed by atoms with E-state index in [2.05, 4.69) is 35.6 Å². The van der Waals surface area contributed by atoms with Crippen LogP contribution in [0.15, 0.2) is 39.0 Å². The molecule has 0 spiro atoms. The number of nitrogens with one attached hydrogen (secondary N) is 4. The lowest BCUT2D eigenvalue weighted by atomic mass is 10.1. The summed E-state index contributed by atoms with van der Waals surface area (Å²) in [6.45, 7) is 2.09. The minimum atomic E-state index is -0.674. The van der Waals surface area contributed by atoms with Gasteiger partial charge in [-0.05, 0) is 31.4 Å². The molecule has 6 N–H and O–H groups in total. The van der Waals surface area contributed by atoms with Crippen molar-refractivity contribution in [1.82, 2.24) is 39.4 Å². The molecule has 1 aliphatic rings. The van der Waals surface area contributed by atoms with Crippen molar-refractivity contribution >= 4 is 53.5 Å². The molecule has 1 atom stereocenters. The first kappa shape index (κ1) is 27.4. The van der Waals surface area contributed by atoms with Gasteiger partial charge in [0.25, 0.3) is 11.1 Å². The first-order valence-electron chi connectivity index (χ1n) is 10.8. The summed E-state index contributed by atoms with van der Waals surface area (Å²) in [6.07, 6.45) is 3.93. The van der Waals surface area contributed by atoms with Gasteiger partial charge in [-0.2, -0.15) is 0 Å². The minimum absolute atomic E-state index is 0. The van der Waals surface area contributed by atoms with Crippen LogP contribution in [0.25, 0.3) is 11.2 Å². The van der Waals surface area contributed by atoms with Gasteiger partial charge in [0, 0.05) is 24.1 Å². The third-order valence-electron chi connectivity index (χ3n) is 5.96. The Bertz CT molecular complexity index is 1640. The predicted octanol–water partition coefficient (Wildman–Crippen LogP) is -0.0279. The van der Waals surface area contributed by atoms with Gasteiger partial charge in [-0.1, -0.05) is 6.07 Å². The molecule has 0 saturated heterocycles. The van der Waals surface area contributed by atoms with Gasteiger partial charge < -0.3 is 16.4 Å². The molecule has 16 heteroatoms. The zero-order valence-electron chi connectivity index (χ0n) is 19.5. The molecule has 0 fully saturated rings. The highest BCUT2D eigenvalue weighted by Gasteiger charge is 2.30. The van der Waals surface area contributed by atoms with Crippen molar-refractivity contribution in [2.45, 2.75) is 39.0 Å². The monoisotopic (exact) mass is 550 g/mol. The molecule has 0 unspecified atom stereocenters. The fourth-order valence-electron chi connectivity index (χ4n) is 4.17. The Morgan fingerprint density at radius 3 is 2.73 bits per heavy atom. The number of aromatic amines is 2. The fourth-order valence-corrected chi connectivity index (χ4v) is 4.17. The second kappa shape index (κ2) is 10.8. The molecule has 14 nitrogen and oxygen atoms in total. The van der Waals surface area contributed by atoms with E-state index < -0.39 is 22.9 Å². The van der Waals surface area contributed by atoms with Gasteiger partial charge in [0.2, 0.25) is 5.91 Å². The van der Waals surface area contributed by atoms with E-state index in [0.29, 0.717) is 24.4 Å². The van der Waals surface area contributed by atoms with E-state index in [1.807, 2.05) is 6.92 Å². The van der Waals surface area contributed by atoms with E-state index in [4.69, 9.17) is 5.73 Å². The SMILES string of the molecule is Cc1nc(N)ccc1CNC(=O)[C@@H]1CCc2cnc(NCn3cnc4c(=O)[nH]c(=O)[nH]c43)c(=O)n21.Cl.Cl. The Morgan fingerprint density at radius 2 is 1.97 bits per heavy atom. The quantitative estimate of drug-likeness (QED) is 0.218. The number of hydrogen-bond donors (Lipinski definition) is 5. The van der Waals surface area contributed by atoms with Gasteiger partial charge in [-0.15, -0.1) is 24.8 Å². The number of anilines is 2. The maximum Gasteiger partial charge on any atom is 0.327 e. The third kappa shape index (κ3) is 5.20. The van der Waals surface area contributed by atoms with Gasteiger partial charge in [0.1, 0.15) is 17.5 Å². The lowest BCUT2D eigenvalue weighted by Crippen LogP contribution is -2.36. The molecule has 0 aliphatic carbocycles. The minimum Gasteiger partial charge on any atom is -0.384 e. The first-order valence-corrected chi connectivity index (χ1v) is 10.8. The smallest absolute Gasteiger partial charge is 0.327 e. The Hall–Kier alpha value is -4.17. The summed E-state index contributed by atoms with van der Waals surface area (Å²) in [7, 11) is 0. The van der Waals surface area contributed by atoms with Gasteiger partial charge in [0.05, 0.1) is 13.0 Å². The van der Waals surface area contributed by atoms with Crippen molar-refractivity contribution in [1.29, 1.82) is 0 Å². The zero-order chi connectivity index (χ0) is 24.7. The fraction of sp³-hybridized carbons (Fsp3) is 0.286. The van der Waals surface area contributed by atoms with Crippen LogP contribution in [0.2, 0.25) is 0 Å². The van der Waals surface area contributed by atoms with Crippen LogP contribution in [0.1, 0.15) is 29.4 Å². The largest absolute Gasteiger partial charge is 0.384 e. The standard InChI is InChI=1S/C21H22N10O4.2ClH/c1-10-11(2-5-14(22)27-10)6-24-18(32)13-4-3-12-7-23-16(20(34)31(12)13)26-9-30-8-25-15-17(30)28-21(35)29-19(15)33;;/h2,5,7-8,13H,3-4,6,9H2,1H3,(H2,22,27)(H,23,26)(H,24,32)(H2,28,29,33,35);2*1H/t13-;;/m0../s1. The molecule has 0 radical (unpaired) electrons. The number of nitrogen functional groups attached to an aromatic ring is 1. The van der Waals surface area contributed by atoms with Crippen molar-refractivity contribution in [3.05, 3.63) is 72.8 Å². The van der Waals surface area contributed by atoms with Crippen molar-refractivity contribution in [2.24, 2.45) is 0 Å². The van der Waals surface area contributed by atoms with Crippen LogP contribution >= 0.6 is 24.8 Å². The van der Waals surface area contributed by atoms with Crippen LogP contribution in [-0.2, 0) is 24.4 Å². The van der Waals surface area contributed by atoms with E-state index in [-0.39, 0.29) is 60.9 Å². The van der Waals surface area contributed by atoms with E-state index >= 15 is 0 Å². The number of rotatable bonds is 6. The lowest BCUT2D eigenvalue weighted by molar-refractivity contribution is -0.124. The van der Waals surface area contributed by atoms with E-state index in [0.717, 1.165) is 11.3 Å². The lowest BCUT2D eigenvalue weighted by Gasteiger charge is -2.16. The second-order valence-corrected chi connectivity index (χ2v) is 8.18. The van der Waals surface area contributed by atoms with Crippen molar-refractivity contribution in [2.75, 3.05) is 11.1 Å². The highest BCUT2D eigenvalue weighted by molar-refractivity contribution is 5.85. The average Bonchev–Trinajstić information content (AvgIpc) is 3.43. The summed E-state index contributed by atoms with van der Waals surface area (Å²) >= 11 is 0. The number of halogens is 2. The number of imidazole rings is 1. The van der Waals surface area contributed by atoms with Crippen molar-refractivity contribution in [3.8, 4) is 0 Å². The molecule has 1 aliphatic heterocycles. The Balaban J connectivity index is 0.00000190. The van der Waals surface area contributed by atoms with E-state index in [1.165, 1.54) is 15.5 Å². The Kier molecular flexibility index (Phi) is 8.03. The summed E-state index contributed by atoms with van der Waals surface area (Å²) in [5, 5.41) is 5.77. The van der Waals surface area contributed by atoms with Gasteiger partial charge in [0.15, 0.2) is 11.3 Å². The molecule has 5 rings (SSSR count). The summed E-state index contributed by atoms with van der Waals surface area (Å²) in [5.74, 6) is 0.154. The first-order chi connectivity index (χ1) is 16.8. The molecule has 0 bridgehead atoms. The van der Waals surface area contributed by atoms with Gasteiger partial charge in [-0.25, -0.2) is 19.7 Å². The number of nitrogens with two attached hydrogens (primary N) is 1. The summed E-state index contributed by atoms with van der Waals surface area (Å²) in [4.78, 5) is 66.6. The molecule has 4 aromatic rings. The molecule has 4 aromatic heterocycles. The van der Waals surface area contributed by atoms with Crippen molar-refractivity contribution < 1.29 is 4.79 Å². The molecule has 0 aromatic carbocycles. The number of aryl methyl sites for hydroxylation is 2. The molecule has 196 valence electrons. The van der Waals surface area contributed by atoms with Crippen LogP contribution in [0.4, 0.5) is 11.6 Å². The molecule has 5 heterocycles. The highest BCUT2D eigenvalue weighted by Crippen LogP contribution is 2.24. The maximum atomic E-state index is 13.2. The second-order valence-electron chi connectivity index (χ2n) is 8.18. The Morgan fingerprint density at radius 1 is 1.19 bits per heavy atom. The Labute approximate surface area is 220 Å². The van der Waals surface area contributed by atoms with Crippen LogP contribution in [0.3, 0.4) is 0 Å².